The number of hydrogen-bond acceptors (Lipinski definition) is 6. The highest BCUT2D eigenvalue weighted by atomic mass is 79.9. The number of thioether (sulfide) groups is 1. The lowest BCUT2D eigenvalue weighted by Gasteiger charge is -2.15. The molecular formula is C30H22BrClN2O5S. The predicted molar refractivity (Wildman–Crippen MR) is 162 cm³/mol. The number of carbonyl (C=O) groups is 3. The molecule has 10 heteroatoms. The maximum Gasteiger partial charge on any atom is 0.293 e. The van der Waals surface area contributed by atoms with Gasteiger partial charge >= 0.3 is 0 Å². The first-order chi connectivity index (χ1) is 19.3. The van der Waals surface area contributed by atoms with Gasteiger partial charge in [0.15, 0.2) is 18.1 Å². The Morgan fingerprint density at radius 2 is 1.80 bits per heavy atom. The zero-order valence-corrected chi connectivity index (χ0v) is 24.3. The Balaban J connectivity index is 1.31. The van der Waals surface area contributed by atoms with Gasteiger partial charge in [-0.05, 0) is 79.9 Å². The second kappa shape index (κ2) is 12.2. The Bertz CT molecular complexity index is 1670. The van der Waals surface area contributed by atoms with Crippen LogP contribution in [0.3, 0.4) is 0 Å². The van der Waals surface area contributed by atoms with Crippen molar-refractivity contribution in [3.63, 3.8) is 0 Å². The van der Waals surface area contributed by atoms with Crippen LogP contribution in [0.1, 0.15) is 11.1 Å². The molecule has 7 nitrogen and oxygen atoms in total. The van der Waals surface area contributed by atoms with Crippen molar-refractivity contribution in [1.82, 2.24) is 4.90 Å². The van der Waals surface area contributed by atoms with Crippen molar-refractivity contribution in [2.24, 2.45) is 0 Å². The van der Waals surface area contributed by atoms with E-state index < -0.39 is 5.91 Å². The Morgan fingerprint density at radius 3 is 2.60 bits per heavy atom. The van der Waals surface area contributed by atoms with Crippen LogP contribution in [0.5, 0.6) is 11.5 Å². The summed E-state index contributed by atoms with van der Waals surface area (Å²) in [6, 6.07) is 24.0. The summed E-state index contributed by atoms with van der Waals surface area (Å²) in [5.41, 5.74) is 1.99. The van der Waals surface area contributed by atoms with Crippen LogP contribution in [0.2, 0.25) is 5.02 Å². The maximum absolute atomic E-state index is 13.2. The molecule has 0 saturated carbocycles. The van der Waals surface area contributed by atoms with E-state index in [4.69, 9.17) is 21.1 Å². The molecule has 1 heterocycles. The number of fused-ring (bicyclic) bond motifs is 1. The average molecular weight is 638 g/mol. The van der Waals surface area contributed by atoms with Crippen LogP contribution in [0.25, 0.3) is 16.8 Å². The zero-order chi connectivity index (χ0) is 28.2. The van der Waals surface area contributed by atoms with Gasteiger partial charge in [0.25, 0.3) is 17.1 Å². The minimum absolute atomic E-state index is 0.180. The molecule has 0 aliphatic carbocycles. The molecule has 0 spiro atoms. The van der Waals surface area contributed by atoms with Gasteiger partial charge in [0.05, 0.1) is 33.7 Å². The molecule has 40 heavy (non-hydrogen) atoms. The van der Waals surface area contributed by atoms with Crippen molar-refractivity contribution >= 4 is 78.9 Å². The number of halogens is 2. The van der Waals surface area contributed by atoms with Crippen molar-refractivity contribution in [3.8, 4) is 11.5 Å². The van der Waals surface area contributed by atoms with Gasteiger partial charge in [-0.3, -0.25) is 19.3 Å². The molecule has 0 radical (unpaired) electrons. The number of anilines is 1. The SMILES string of the molecule is COc1cc(/C=C2\SC(=O)N(Cc3cccc4ccccc34)C2=O)cc(Br)c1OCC(=O)Nc1ccccc1Cl. The van der Waals surface area contributed by atoms with Crippen LogP contribution in [-0.2, 0) is 16.1 Å². The standard InChI is InChI=1S/C30H22BrClN2O5S/c1-38-25-14-18(13-22(31)28(25)39-17-27(35)33-24-12-5-4-11-23(24)32)15-26-29(36)34(30(37)40-26)16-20-9-6-8-19-7-2-3-10-21(19)20/h2-15H,16-17H2,1H3,(H,33,35)/b26-15-. The van der Waals surface area contributed by atoms with Gasteiger partial charge in [-0.1, -0.05) is 66.2 Å². The molecule has 1 fully saturated rings. The van der Waals surface area contributed by atoms with Gasteiger partial charge in [0.2, 0.25) is 0 Å². The third-order valence-electron chi connectivity index (χ3n) is 6.13. The summed E-state index contributed by atoms with van der Waals surface area (Å²) in [6.07, 6.45) is 1.63. The smallest absolute Gasteiger partial charge is 0.293 e. The number of amides is 3. The van der Waals surface area contributed by atoms with Crippen LogP contribution >= 0.6 is 39.3 Å². The molecule has 1 aliphatic rings. The lowest BCUT2D eigenvalue weighted by atomic mass is 10.0. The fourth-order valence-corrected chi connectivity index (χ4v) is 5.83. The largest absolute Gasteiger partial charge is 0.493 e. The zero-order valence-electron chi connectivity index (χ0n) is 21.1. The van der Waals surface area contributed by atoms with Gasteiger partial charge in [0, 0.05) is 0 Å². The first-order valence-electron chi connectivity index (χ1n) is 12.1. The molecule has 5 rings (SSSR count). The highest BCUT2D eigenvalue weighted by molar-refractivity contribution is 9.10. The molecule has 3 amide bonds. The number of hydrogen-bond donors (Lipinski definition) is 1. The second-order valence-electron chi connectivity index (χ2n) is 8.76. The van der Waals surface area contributed by atoms with Crippen LogP contribution in [0, 0.1) is 0 Å². The normalized spacial score (nSPS) is 14.2. The van der Waals surface area contributed by atoms with E-state index in [1.807, 2.05) is 42.5 Å². The van der Waals surface area contributed by atoms with Gasteiger partial charge in [-0.15, -0.1) is 0 Å². The molecule has 0 aromatic heterocycles. The number of nitrogens with zero attached hydrogens (tertiary/aromatic N) is 1. The molecule has 1 aliphatic heterocycles. The van der Waals surface area contributed by atoms with Crippen LogP contribution in [0.15, 0.2) is 88.2 Å². The van der Waals surface area contributed by atoms with E-state index in [0.717, 1.165) is 28.1 Å². The summed E-state index contributed by atoms with van der Waals surface area (Å²) in [6.45, 7) is -0.105. The second-order valence-corrected chi connectivity index (χ2v) is 11.0. The lowest BCUT2D eigenvalue weighted by molar-refractivity contribution is -0.123. The third-order valence-corrected chi connectivity index (χ3v) is 7.95. The number of methoxy groups -OCH3 is 1. The fourth-order valence-electron chi connectivity index (χ4n) is 4.24. The van der Waals surface area contributed by atoms with Crippen LogP contribution < -0.4 is 14.8 Å². The molecule has 1 N–H and O–H groups in total. The first kappa shape index (κ1) is 27.8. The molecule has 0 unspecified atom stereocenters. The summed E-state index contributed by atoms with van der Waals surface area (Å²) >= 11 is 10.5. The Labute approximate surface area is 248 Å². The Kier molecular flexibility index (Phi) is 8.44. The van der Waals surface area contributed by atoms with E-state index in [2.05, 4.69) is 21.2 Å². The van der Waals surface area contributed by atoms with E-state index in [-0.39, 0.29) is 24.3 Å². The summed E-state index contributed by atoms with van der Waals surface area (Å²) in [7, 11) is 1.47. The van der Waals surface area contributed by atoms with E-state index in [0.29, 0.717) is 37.2 Å². The quantitative estimate of drug-likeness (QED) is 0.201. The molecular weight excluding hydrogens is 616 g/mol. The summed E-state index contributed by atoms with van der Waals surface area (Å²) < 4.78 is 11.7. The molecule has 0 bridgehead atoms. The molecule has 4 aromatic carbocycles. The molecule has 4 aromatic rings. The van der Waals surface area contributed by atoms with Crippen LogP contribution in [-0.4, -0.2) is 35.7 Å². The topological polar surface area (TPSA) is 84.9 Å². The number of ether oxygens (including phenoxy) is 2. The minimum atomic E-state index is -0.397. The van der Waals surface area contributed by atoms with E-state index in [1.54, 1.807) is 42.5 Å². The highest BCUT2D eigenvalue weighted by Crippen LogP contribution is 2.39. The summed E-state index contributed by atoms with van der Waals surface area (Å²) in [5.74, 6) is -0.0974. The highest BCUT2D eigenvalue weighted by Gasteiger charge is 2.35. The number of para-hydroxylation sites is 1. The van der Waals surface area contributed by atoms with Crippen molar-refractivity contribution in [3.05, 3.63) is 104 Å². The van der Waals surface area contributed by atoms with Gasteiger partial charge < -0.3 is 14.8 Å². The minimum Gasteiger partial charge on any atom is -0.493 e. The van der Waals surface area contributed by atoms with Gasteiger partial charge in [-0.2, -0.15) is 0 Å². The van der Waals surface area contributed by atoms with E-state index in [9.17, 15) is 14.4 Å². The van der Waals surface area contributed by atoms with Crippen molar-refractivity contribution < 1.29 is 23.9 Å². The first-order valence-corrected chi connectivity index (χ1v) is 14.1. The van der Waals surface area contributed by atoms with E-state index >= 15 is 0 Å². The number of nitrogens with one attached hydrogen (secondary N) is 1. The molecule has 0 atom stereocenters. The number of benzene rings is 4. The fraction of sp³-hybridized carbons (Fsp3) is 0.100. The van der Waals surface area contributed by atoms with Crippen LogP contribution in [0.4, 0.5) is 10.5 Å². The molecule has 1 saturated heterocycles. The van der Waals surface area contributed by atoms with Gasteiger partial charge in [-0.25, -0.2) is 0 Å². The number of rotatable bonds is 8. The predicted octanol–water partition coefficient (Wildman–Crippen LogP) is 7.52. The molecule has 202 valence electrons. The third kappa shape index (κ3) is 6.01. The van der Waals surface area contributed by atoms with E-state index in [1.165, 1.54) is 12.0 Å². The lowest BCUT2D eigenvalue weighted by Crippen LogP contribution is -2.27. The average Bonchev–Trinajstić information content (AvgIpc) is 3.20. The Hall–Kier alpha value is -3.79. The van der Waals surface area contributed by atoms with Crippen molar-refractivity contribution in [2.75, 3.05) is 19.0 Å². The van der Waals surface area contributed by atoms with Crippen molar-refractivity contribution in [2.45, 2.75) is 6.54 Å². The number of imide groups is 1. The Morgan fingerprint density at radius 1 is 1.05 bits per heavy atom. The summed E-state index contributed by atoms with van der Waals surface area (Å²) in [4.78, 5) is 40.0. The summed E-state index contributed by atoms with van der Waals surface area (Å²) in [5, 5.41) is 4.82. The monoisotopic (exact) mass is 636 g/mol. The van der Waals surface area contributed by atoms with Gasteiger partial charge in [0.1, 0.15) is 0 Å². The number of carbonyl (C=O) groups excluding carboxylic acids is 3. The maximum atomic E-state index is 13.2. The van der Waals surface area contributed by atoms with Crippen molar-refractivity contribution in [1.29, 1.82) is 0 Å².